The first-order valence-corrected chi connectivity index (χ1v) is 5.37. The molecule has 0 saturated heterocycles. The molecule has 0 saturated carbocycles. The van der Waals surface area contributed by atoms with Gasteiger partial charge in [0, 0.05) is 12.6 Å². The zero-order chi connectivity index (χ0) is 10.5. The van der Waals surface area contributed by atoms with Gasteiger partial charge in [0.25, 0.3) is 0 Å². The summed E-state index contributed by atoms with van der Waals surface area (Å²) in [6.45, 7) is 12.1. The average molecular weight is 187 g/mol. The predicted molar refractivity (Wildman–Crippen MR) is 57.9 cm³/mol. The number of rotatable bonds is 6. The van der Waals surface area contributed by atoms with E-state index in [0.29, 0.717) is 6.04 Å². The lowest BCUT2D eigenvalue weighted by Gasteiger charge is -2.32. The number of nitrogens with zero attached hydrogens (tertiary/aromatic N) is 1. The third-order valence-electron chi connectivity index (χ3n) is 2.33. The van der Waals surface area contributed by atoms with Crippen molar-refractivity contribution >= 4 is 0 Å². The van der Waals surface area contributed by atoms with Gasteiger partial charge in [-0.1, -0.05) is 20.3 Å². The molecule has 0 aliphatic carbocycles. The van der Waals surface area contributed by atoms with E-state index in [-0.39, 0.29) is 0 Å². The Morgan fingerprint density at radius 2 is 1.85 bits per heavy atom. The summed E-state index contributed by atoms with van der Waals surface area (Å²) in [6.07, 6.45) is 2.42. The number of aliphatic hydroxyl groups is 1. The summed E-state index contributed by atoms with van der Waals surface area (Å²) in [5, 5.41) is 9.69. The molecule has 0 heterocycles. The lowest BCUT2D eigenvalue weighted by atomic mass is 10.1. The van der Waals surface area contributed by atoms with E-state index in [1.165, 1.54) is 12.8 Å². The molecule has 0 amide bonds. The van der Waals surface area contributed by atoms with Crippen LogP contribution in [0, 0.1) is 0 Å². The van der Waals surface area contributed by atoms with Gasteiger partial charge in [-0.15, -0.1) is 0 Å². The van der Waals surface area contributed by atoms with Gasteiger partial charge in [0.05, 0.1) is 5.60 Å². The van der Waals surface area contributed by atoms with E-state index in [0.717, 1.165) is 13.1 Å². The van der Waals surface area contributed by atoms with Crippen LogP contribution in [0.25, 0.3) is 0 Å². The molecule has 0 aromatic heterocycles. The molecule has 0 spiro atoms. The third-order valence-corrected chi connectivity index (χ3v) is 2.33. The molecule has 0 aromatic carbocycles. The van der Waals surface area contributed by atoms with Crippen LogP contribution in [-0.4, -0.2) is 34.7 Å². The Morgan fingerprint density at radius 1 is 1.31 bits per heavy atom. The molecule has 1 N–H and O–H groups in total. The highest BCUT2D eigenvalue weighted by Crippen LogP contribution is 2.11. The Morgan fingerprint density at radius 3 is 2.15 bits per heavy atom. The number of hydrogen-bond donors (Lipinski definition) is 1. The van der Waals surface area contributed by atoms with Crippen molar-refractivity contribution in [2.45, 2.75) is 59.1 Å². The molecule has 2 nitrogen and oxygen atoms in total. The Balaban J connectivity index is 4.01. The highest BCUT2D eigenvalue weighted by Gasteiger charge is 2.20. The molecule has 0 aliphatic heterocycles. The lowest BCUT2D eigenvalue weighted by Crippen LogP contribution is -2.43. The first kappa shape index (κ1) is 12.9. The Hall–Kier alpha value is -0.0800. The maximum Gasteiger partial charge on any atom is 0.0718 e. The van der Waals surface area contributed by atoms with E-state index in [1.54, 1.807) is 0 Å². The van der Waals surface area contributed by atoms with Crippen LogP contribution in [0.2, 0.25) is 0 Å². The van der Waals surface area contributed by atoms with Crippen LogP contribution in [0.4, 0.5) is 0 Å². The van der Waals surface area contributed by atoms with Crippen LogP contribution in [-0.2, 0) is 0 Å². The first-order valence-electron chi connectivity index (χ1n) is 5.37. The molecule has 0 fully saturated rings. The Labute approximate surface area is 82.9 Å². The van der Waals surface area contributed by atoms with Gasteiger partial charge in [-0.3, -0.25) is 4.90 Å². The fourth-order valence-corrected chi connectivity index (χ4v) is 1.68. The maximum absolute atomic E-state index is 9.69. The predicted octanol–water partition coefficient (Wildman–Crippen LogP) is 2.27. The van der Waals surface area contributed by atoms with E-state index in [1.807, 2.05) is 13.8 Å². The normalized spacial score (nSPS) is 15.0. The molecule has 1 atom stereocenters. The topological polar surface area (TPSA) is 23.5 Å². The van der Waals surface area contributed by atoms with Gasteiger partial charge in [0.1, 0.15) is 0 Å². The lowest BCUT2D eigenvalue weighted by molar-refractivity contribution is 0.0239. The standard InChI is InChI=1S/C11H25NO/c1-6-8-10(3)12(7-2)9-11(4,5)13/h10,13H,6-9H2,1-5H3. The molecule has 0 radical (unpaired) electrons. The zero-order valence-corrected chi connectivity index (χ0v) is 9.80. The molecule has 0 rings (SSSR count). The van der Waals surface area contributed by atoms with Crippen molar-refractivity contribution in [1.29, 1.82) is 0 Å². The minimum absolute atomic E-state index is 0.571. The summed E-state index contributed by atoms with van der Waals surface area (Å²) in [7, 11) is 0. The van der Waals surface area contributed by atoms with Crippen LogP contribution in [0.15, 0.2) is 0 Å². The first-order chi connectivity index (χ1) is 5.90. The second-order valence-corrected chi connectivity index (χ2v) is 4.51. The minimum Gasteiger partial charge on any atom is -0.389 e. The van der Waals surface area contributed by atoms with E-state index in [9.17, 15) is 5.11 Å². The fraction of sp³-hybridized carbons (Fsp3) is 1.00. The van der Waals surface area contributed by atoms with E-state index in [2.05, 4.69) is 25.7 Å². The molecule has 0 aromatic rings. The van der Waals surface area contributed by atoms with Crippen molar-refractivity contribution in [1.82, 2.24) is 4.90 Å². The quantitative estimate of drug-likeness (QED) is 0.689. The monoisotopic (exact) mass is 187 g/mol. The molecule has 13 heavy (non-hydrogen) atoms. The van der Waals surface area contributed by atoms with Crippen LogP contribution in [0.3, 0.4) is 0 Å². The molecule has 0 bridgehead atoms. The van der Waals surface area contributed by atoms with Gasteiger partial charge in [-0.2, -0.15) is 0 Å². The van der Waals surface area contributed by atoms with Crippen LogP contribution >= 0.6 is 0 Å². The third kappa shape index (κ3) is 6.05. The highest BCUT2D eigenvalue weighted by molar-refractivity contribution is 4.75. The fourth-order valence-electron chi connectivity index (χ4n) is 1.68. The Bertz CT molecular complexity index is 129. The Kier molecular flexibility index (Phi) is 5.57. The molecule has 1 unspecified atom stereocenters. The SMILES string of the molecule is CCCC(C)N(CC)CC(C)(C)O. The van der Waals surface area contributed by atoms with Crippen molar-refractivity contribution in [3.63, 3.8) is 0 Å². The van der Waals surface area contributed by atoms with Crippen molar-refractivity contribution in [2.75, 3.05) is 13.1 Å². The van der Waals surface area contributed by atoms with E-state index in [4.69, 9.17) is 0 Å². The molecule has 2 heteroatoms. The smallest absolute Gasteiger partial charge is 0.0718 e. The van der Waals surface area contributed by atoms with Crippen molar-refractivity contribution in [2.24, 2.45) is 0 Å². The van der Waals surface area contributed by atoms with Gasteiger partial charge in [-0.25, -0.2) is 0 Å². The van der Waals surface area contributed by atoms with E-state index < -0.39 is 5.60 Å². The highest BCUT2D eigenvalue weighted by atomic mass is 16.3. The van der Waals surface area contributed by atoms with Gasteiger partial charge in [-0.05, 0) is 33.7 Å². The van der Waals surface area contributed by atoms with Gasteiger partial charge in [0.15, 0.2) is 0 Å². The largest absolute Gasteiger partial charge is 0.389 e. The van der Waals surface area contributed by atoms with Crippen molar-refractivity contribution < 1.29 is 5.11 Å². The summed E-state index contributed by atoms with van der Waals surface area (Å²) in [4.78, 5) is 2.34. The molecular weight excluding hydrogens is 162 g/mol. The zero-order valence-electron chi connectivity index (χ0n) is 9.80. The number of likely N-dealkylation sites (N-methyl/N-ethyl adjacent to an activating group) is 1. The van der Waals surface area contributed by atoms with Crippen molar-refractivity contribution in [3.8, 4) is 0 Å². The summed E-state index contributed by atoms with van der Waals surface area (Å²) in [5.41, 5.74) is -0.571. The van der Waals surface area contributed by atoms with Crippen LogP contribution in [0.1, 0.15) is 47.5 Å². The minimum atomic E-state index is -0.571. The summed E-state index contributed by atoms with van der Waals surface area (Å²) in [5.74, 6) is 0. The van der Waals surface area contributed by atoms with Gasteiger partial charge >= 0.3 is 0 Å². The molecular formula is C11H25NO. The maximum atomic E-state index is 9.69. The van der Waals surface area contributed by atoms with E-state index >= 15 is 0 Å². The summed E-state index contributed by atoms with van der Waals surface area (Å²) < 4.78 is 0. The van der Waals surface area contributed by atoms with Crippen LogP contribution < -0.4 is 0 Å². The van der Waals surface area contributed by atoms with Crippen molar-refractivity contribution in [3.05, 3.63) is 0 Å². The molecule has 0 aliphatic rings. The van der Waals surface area contributed by atoms with Gasteiger partial charge in [0.2, 0.25) is 0 Å². The van der Waals surface area contributed by atoms with Gasteiger partial charge < -0.3 is 5.11 Å². The second-order valence-electron chi connectivity index (χ2n) is 4.51. The number of hydrogen-bond acceptors (Lipinski definition) is 2. The van der Waals surface area contributed by atoms with Crippen LogP contribution in [0.5, 0.6) is 0 Å². The summed E-state index contributed by atoms with van der Waals surface area (Å²) in [6, 6.07) is 0.585. The second kappa shape index (κ2) is 5.61. The molecule has 80 valence electrons. The average Bonchev–Trinajstić information content (AvgIpc) is 1.99. The summed E-state index contributed by atoms with van der Waals surface area (Å²) >= 11 is 0.